The quantitative estimate of drug-likeness (QED) is 0.382. The zero-order valence-electron chi connectivity index (χ0n) is 16.9. The van der Waals surface area contributed by atoms with Crippen LogP contribution in [-0.2, 0) is 9.59 Å². The molecule has 4 rings (SSSR count). The second kappa shape index (κ2) is 7.95. The van der Waals surface area contributed by atoms with E-state index in [-0.39, 0.29) is 22.8 Å². The van der Waals surface area contributed by atoms with Crippen molar-refractivity contribution in [2.75, 3.05) is 12.0 Å². The lowest BCUT2D eigenvalue weighted by atomic mass is 9.94. The molecule has 0 aliphatic carbocycles. The molecule has 0 spiro atoms. The molecule has 1 saturated heterocycles. The first-order chi connectivity index (χ1) is 14.9. The summed E-state index contributed by atoms with van der Waals surface area (Å²) in [5.41, 5.74) is 2.26. The van der Waals surface area contributed by atoms with Gasteiger partial charge in [-0.05, 0) is 36.8 Å². The summed E-state index contributed by atoms with van der Waals surface area (Å²) in [5, 5.41) is 21.1. The molecule has 0 saturated carbocycles. The van der Waals surface area contributed by atoms with Crippen molar-refractivity contribution in [3.05, 3.63) is 89.3 Å². The summed E-state index contributed by atoms with van der Waals surface area (Å²) in [6, 6.07) is 13.9. The van der Waals surface area contributed by atoms with Gasteiger partial charge in [-0.2, -0.15) is 0 Å². The molecule has 2 N–H and O–H groups in total. The van der Waals surface area contributed by atoms with Crippen molar-refractivity contribution in [3.8, 4) is 11.5 Å². The number of aromatic nitrogens is 1. The lowest BCUT2D eigenvalue weighted by Crippen LogP contribution is -2.29. The number of pyridine rings is 1. The fraction of sp³-hybridized carbons (Fsp3) is 0.125. The van der Waals surface area contributed by atoms with Crippen LogP contribution in [0.3, 0.4) is 0 Å². The van der Waals surface area contributed by atoms with E-state index < -0.39 is 17.7 Å². The average Bonchev–Trinajstić information content (AvgIpc) is 3.05. The van der Waals surface area contributed by atoms with Gasteiger partial charge in [0.25, 0.3) is 11.7 Å². The van der Waals surface area contributed by atoms with Crippen molar-refractivity contribution >= 4 is 23.1 Å². The van der Waals surface area contributed by atoms with E-state index >= 15 is 0 Å². The number of nitrogens with zero attached hydrogens (tertiary/aromatic N) is 2. The Kier molecular flexibility index (Phi) is 5.17. The molecule has 0 radical (unpaired) electrons. The molecule has 1 aromatic heterocycles. The van der Waals surface area contributed by atoms with E-state index in [0.717, 1.165) is 5.56 Å². The number of anilines is 1. The topological polar surface area (TPSA) is 100.0 Å². The van der Waals surface area contributed by atoms with E-state index in [1.165, 1.54) is 30.3 Å². The number of ketones is 1. The largest absolute Gasteiger partial charge is 0.507 e. The SMILES string of the molecule is COc1cc(C2C(=C(O)c3ccc(C)cc3)C(=O)C(=O)N2c2cccnc2)ccc1O. The highest BCUT2D eigenvalue weighted by Crippen LogP contribution is 2.43. The Morgan fingerprint density at radius 2 is 1.84 bits per heavy atom. The van der Waals surface area contributed by atoms with Gasteiger partial charge in [0.05, 0.1) is 30.6 Å². The van der Waals surface area contributed by atoms with Gasteiger partial charge in [-0.3, -0.25) is 19.5 Å². The summed E-state index contributed by atoms with van der Waals surface area (Å²) in [6.45, 7) is 1.91. The van der Waals surface area contributed by atoms with Gasteiger partial charge in [-0.1, -0.05) is 35.9 Å². The summed E-state index contributed by atoms with van der Waals surface area (Å²) < 4.78 is 5.20. The van der Waals surface area contributed by atoms with Crippen LogP contribution in [0.15, 0.2) is 72.6 Å². The maximum absolute atomic E-state index is 13.1. The second-order valence-corrected chi connectivity index (χ2v) is 7.18. The summed E-state index contributed by atoms with van der Waals surface area (Å²) >= 11 is 0. The van der Waals surface area contributed by atoms with Crippen molar-refractivity contribution in [1.29, 1.82) is 0 Å². The molecule has 2 heterocycles. The number of carbonyl (C=O) groups is 2. The normalized spacial score (nSPS) is 17.7. The number of aryl methyl sites for hydroxylation is 1. The van der Waals surface area contributed by atoms with Gasteiger partial charge in [0, 0.05) is 11.8 Å². The zero-order valence-corrected chi connectivity index (χ0v) is 16.9. The number of aromatic hydroxyl groups is 1. The van der Waals surface area contributed by atoms with Crippen molar-refractivity contribution in [2.24, 2.45) is 0 Å². The Hall–Kier alpha value is -4.13. The Balaban J connectivity index is 1.96. The highest BCUT2D eigenvalue weighted by molar-refractivity contribution is 6.51. The fourth-order valence-electron chi connectivity index (χ4n) is 3.64. The highest BCUT2D eigenvalue weighted by atomic mass is 16.5. The number of amides is 1. The summed E-state index contributed by atoms with van der Waals surface area (Å²) in [5.74, 6) is -1.76. The monoisotopic (exact) mass is 416 g/mol. The minimum Gasteiger partial charge on any atom is -0.507 e. The van der Waals surface area contributed by atoms with Gasteiger partial charge < -0.3 is 14.9 Å². The molecule has 1 aliphatic heterocycles. The molecule has 7 nitrogen and oxygen atoms in total. The third-order valence-electron chi connectivity index (χ3n) is 5.21. The number of methoxy groups -OCH3 is 1. The molecule has 2 aromatic carbocycles. The van der Waals surface area contributed by atoms with Crippen molar-refractivity contribution in [2.45, 2.75) is 13.0 Å². The van der Waals surface area contributed by atoms with Gasteiger partial charge in [0.2, 0.25) is 0 Å². The van der Waals surface area contributed by atoms with Gasteiger partial charge in [0.1, 0.15) is 5.76 Å². The molecule has 1 fully saturated rings. The van der Waals surface area contributed by atoms with E-state index in [4.69, 9.17) is 4.74 Å². The molecule has 0 bridgehead atoms. The van der Waals surface area contributed by atoms with Crippen LogP contribution in [0.1, 0.15) is 22.7 Å². The summed E-state index contributed by atoms with van der Waals surface area (Å²) in [4.78, 5) is 31.4. The molecule has 3 aromatic rings. The second-order valence-electron chi connectivity index (χ2n) is 7.18. The number of hydrogen-bond acceptors (Lipinski definition) is 6. The van der Waals surface area contributed by atoms with E-state index in [2.05, 4.69) is 4.98 Å². The fourth-order valence-corrected chi connectivity index (χ4v) is 3.64. The van der Waals surface area contributed by atoms with Crippen LogP contribution in [-0.4, -0.2) is 34.0 Å². The number of phenols is 1. The van der Waals surface area contributed by atoms with Crippen LogP contribution < -0.4 is 9.64 Å². The Bertz CT molecular complexity index is 1190. The number of ether oxygens (including phenoxy) is 1. The predicted octanol–water partition coefficient (Wildman–Crippen LogP) is 3.73. The maximum Gasteiger partial charge on any atom is 0.300 e. The van der Waals surface area contributed by atoms with E-state index in [0.29, 0.717) is 16.8 Å². The highest BCUT2D eigenvalue weighted by Gasteiger charge is 2.47. The lowest BCUT2D eigenvalue weighted by molar-refractivity contribution is -0.132. The van der Waals surface area contributed by atoms with E-state index in [9.17, 15) is 19.8 Å². The number of aliphatic hydroxyl groups excluding tert-OH is 1. The number of rotatable bonds is 4. The first-order valence-electron chi connectivity index (χ1n) is 9.57. The molecule has 156 valence electrons. The third kappa shape index (κ3) is 3.50. The van der Waals surface area contributed by atoms with Crippen LogP contribution in [0.4, 0.5) is 5.69 Å². The molecular formula is C24H20N2O5. The first-order valence-corrected chi connectivity index (χ1v) is 9.57. The summed E-state index contributed by atoms with van der Waals surface area (Å²) in [6.07, 6.45) is 3.03. The summed E-state index contributed by atoms with van der Waals surface area (Å²) in [7, 11) is 1.41. The van der Waals surface area contributed by atoms with Crippen molar-refractivity contribution in [3.63, 3.8) is 0 Å². The molecule has 1 unspecified atom stereocenters. The molecule has 1 amide bonds. The van der Waals surface area contributed by atoms with Gasteiger partial charge >= 0.3 is 0 Å². The first kappa shape index (κ1) is 20.2. The van der Waals surface area contributed by atoms with E-state index in [1.54, 1.807) is 36.5 Å². The zero-order chi connectivity index (χ0) is 22.1. The Labute approximate surface area is 178 Å². The number of aliphatic hydroxyl groups is 1. The molecule has 7 heteroatoms. The standard InChI is InChI=1S/C24H20N2O5/c1-14-5-7-15(8-6-14)22(28)20-21(16-9-10-18(27)19(12-16)31-2)26(24(30)23(20)29)17-4-3-11-25-13-17/h3-13,21,27-28H,1-2H3. The van der Waals surface area contributed by atoms with Crippen LogP contribution in [0.2, 0.25) is 0 Å². The minimum absolute atomic E-state index is 0.0505. The van der Waals surface area contributed by atoms with Crippen LogP contribution >= 0.6 is 0 Å². The van der Waals surface area contributed by atoms with Crippen LogP contribution in [0.5, 0.6) is 11.5 Å². The van der Waals surface area contributed by atoms with Crippen LogP contribution in [0, 0.1) is 6.92 Å². The van der Waals surface area contributed by atoms with Gasteiger partial charge in [0.15, 0.2) is 11.5 Å². The Morgan fingerprint density at radius 1 is 1.10 bits per heavy atom. The average molecular weight is 416 g/mol. The maximum atomic E-state index is 13.1. The molecule has 31 heavy (non-hydrogen) atoms. The Morgan fingerprint density at radius 3 is 2.48 bits per heavy atom. The number of carbonyl (C=O) groups excluding carboxylic acids is 2. The molecule has 1 aliphatic rings. The number of Topliss-reactive ketones (excluding diaryl/α,β-unsaturated/α-hetero) is 1. The third-order valence-corrected chi connectivity index (χ3v) is 5.21. The van der Waals surface area contributed by atoms with Crippen LogP contribution in [0.25, 0.3) is 5.76 Å². The smallest absolute Gasteiger partial charge is 0.300 e. The molecule has 1 atom stereocenters. The predicted molar refractivity (Wildman–Crippen MR) is 115 cm³/mol. The number of phenolic OH excluding ortho intramolecular Hbond substituents is 1. The van der Waals surface area contributed by atoms with Gasteiger partial charge in [-0.15, -0.1) is 0 Å². The van der Waals surface area contributed by atoms with Crippen molar-refractivity contribution in [1.82, 2.24) is 4.98 Å². The lowest BCUT2D eigenvalue weighted by Gasteiger charge is -2.25. The number of hydrogen-bond donors (Lipinski definition) is 2. The van der Waals surface area contributed by atoms with E-state index in [1.807, 2.05) is 19.1 Å². The molecular weight excluding hydrogens is 396 g/mol. The van der Waals surface area contributed by atoms with Gasteiger partial charge in [-0.25, -0.2) is 0 Å². The minimum atomic E-state index is -0.931. The number of benzene rings is 2. The van der Waals surface area contributed by atoms with Crippen molar-refractivity contribution < 1.29 is 24.5 Å².